The van der Waals surface area contributed by atoms with Crippen LogP contribution in [0.3, 0.4) is 0 Å². The van der Waals surface area contributed by atoms with Gasteiger partial charge >= 0.3 is 0 Å². The Labute approximate surface area is 145 Å². The largest absolute Gasteiger partial charge is 0.324 e. The minimum absolute atomic E-state index is 0.0921. The third-order valence-corrected chi connectivity index (χ3v) is 3.97. The summed E-state index contributed by atoms with van der Waals surface area (Å²) in [4.78, 5) is 13.8. The van der Waals surface area contributed by atoms with Gasteiger partial charge in [0.05, 0.1) is 17.3 Å². The van der Waals surface area contributed by atoms with Gasteiger partial charge in [0.25, 0.3) is 0 Å². The second-order valence-corrected chi connectivity index (χ2v) is 6.22. The third kappa shape index (κ3) is 4.93. The molecular weight excluding hydrogens is 338 g/mol. The molecular formula is C17H17Cl2FN2O. The van der Waals surface area contributed by atoms with Crippen LogP contribution in [0.2, 0.25) is 10.0 Å². The highest BCUT2D eigenvalue weighted by atomic mass is 35.5. The maximum Gasteiger partial charge on any atom is 0.238 e. The second kappa shape index (κ2) is 7.77. The first kappa shape index (κ1) is 17.7. The van der Waals surface area contributed by atoms with E-state index in [0.717, 1.165) is 5.56 Å². The van der Waals surface area contributed by atoms with E-state index in [4.69, 9.17) is 23.2 Å². The summed E-state index contributed by atoms with van der Waals surface area (Å²) >= 11 is 12.1. The molecule has 2 aromatic carbocycles. The predicted molar refractivity (Wildman–Crippen MR) is 92.6 cm³/mol. The van der Waals surface area contributed by atoms with Gasteiger partial charge in [0.2, 0.25) is 5.91 Å². The molecule has 0 aliphatic rings. The molecule has 2 rings (SSSR count). The summed E-state index contributed by atoms with van der Waals surface area (Å²) in [5.74, 6) is -0.614. The Bertz CT molecular complexity index is 701. The minimum atomic E-state index is -0.383. The number of nitrogens with zero attached hydrogens (tertiary/aromatic N) is 1. The van der Waals surface area contributed by atoms with Crippen molar-refractivity contribution in [1.29, 1.82) is 0 Å². The maximum atomic E-state index is 13.8. The SMILES string of the molecule is Cc1ccc(NC(=O)CN(C)Cc2c(F)cccc2Cl)c(Cl)c1. The van der Waals surface area contributed by atoms with Crippen LogP contribution in [0, 0.1) is 12.7 Å². The van der Waals surface area contributed by atoms with Crippen LogP contribution in [0.15, 0.2) is 36.4 Å². The second-order valence-electron chi connectivity index (χ2n) is 5.40. The molecule has 0 aromatic heterocycles. The van der Waals surface area contributed by atoms with Crippen LogP contribution in [-0.2, 0) is 11.3 Å². The van der Waals surface area contributed by atoms with Crippen molar-refractivity contribution in [3.63, 3.8) is 0 Å². The lowest BCUT2D eigenvalue weighted by Gasteiger charge is -2.18. The Morgan fingerprint density at radius 2 is 1.96 bits per heavy atom. The van der Waals surface area contributed by atoms with E-state index in [2.05, 4.69) is 5.32 Å². The number of benzene rings is 2. The Kier molecular flexibility index (Phi) is 5.99. The molecule has 122 valence electrons. The molecule has 0 saturated heterocycles. The van der Waals surface area contributed by atoms with Crippen LogP contribution in [-0.4, -0.2) is 24.4 Å². The molecule has 23 heavy (non-hydrogen) atoms. The maximum absolute atomic E-state index is 13.8. The number of anilines is 1. The van der Waals surface area contributed by atoms with Crippen molar-refractivity contribution in [2.45, 2.75) is 13.5 Å². The molecule has 1 amide bonds. The lowest BCUT2D eigenvalue weighted by Crippen LogP contribution is -2.30. The summed E-state index contributed by atoms with van der Waals surface area (Å²) in [7, 11) is 1.72. The Morgan fingerprint density at radius 3 is 2.61 bits per heavy atom. The van der Waals surface area contributed by atoms with E-state index >= 15 is 0 Å². The Balaban J connectivity index is 1.97. The van der Waals surface area contributed by atoms with E-state index in [0.29, 0.717) is 21.3 Å². The molecule has 0 atom stereocenters. The summed E-state index contributed by atoms with van der Waals surface area (Å²) in [6.07, 6.45) is 0. The molecule has 0 radical (unpaired) electrons. The first-order chi connectivity index (χ1) is 10.9. The molecule has 0 aliphatic carbocycles. The van der Waals surface area contributed by atoms with Gasteiger partial charge in [0.15, 0.2) is 0 Å². The highest BCUT2D eigenvalue weighted by Crippen LogP contribution is 2.23. The third-order valence-electron chi connectivity index (χ3n) is 3.30. The van der Waals surface area contributed by atoms with Crippen LogP contribution >= 0.6 is 23.2 Å². The predicted octanol–water partition coefficient (Wildman–Crippen LogP) is 4.51. The van der Waals surface area contributed by atoms with E-state index < -0.39 is 0 Å². The van der Waals surface area contributed by atoms with Gasteiger partial charge in [-0.05, 0) is 43.8 Å². The zero-order valence-corrected chi connectivity index (χ0v) is 14.4. The normalized spacial score (nSPS) is 10.9. The van der Waals surface area contributed by atoms with Gasteiger partial charge in [-0.15, -0.1) is 0 Å². The molecule has 0 unspecified atom stereocenters. The van der Waals surface area contributed by atoms with E-state index in [1.165, 1.54) is 6.07 Å². The zero-order valence-electron chi connectivity index (χ0n) is 12.9. The average Bonchev–Trinajstić information content (AvgIpc) is 2.46. The molecule has 0 aliphatic heterocycles. The van der Waals surface area contributed by atoms with Gasteiger partial charge in [0.1, 0.15) is 5.82 Å². The van der Waals surface area contributed by atoms with E-state index in [1.54, 1.807) is 36.2 Å². The van der Waals surface area contributed by atoms with Crippen molar-refractivity contribution in [1.82, 2.24) is 4.90 Å². The van der Waals surface area contributed by atoms with E-state index in [1.807, 2.05) is 13.0 Å². The van der Waals surface area contributed by atoms with Gasteiger partial charge in [-0.25, -0.2) is 4.39 Å². The molecule has 2 aromatic rings. The van der Waals surface area contributed by atoms with Crippen LogP contribution in [0.25, 0.3) is 0 Å². The van der Waals surface area contributed by atoms with Crippen LogP contribution in [0.1, 0.15) is 11.1 Å². The smallest absolute Gasteiger partial charge is 0.238 e. The first-order valence-corrected chi connectivity index (χ1v) is 7.80. The lowest BCUT2D eigenvalue weighted by molar-refractivity contribution is -0.117. The van der Waals surface area contributed by atoms with Crippen molar-refractivity contribution >= 4 is 34.8 Å². The molecule has 0 spiro atoms. The summed E-state index contributed by atoms with van der Waals surface area (Å²) in [6.45, 7) is 2.25. The number of amides is 1. The standard InChI is InChI=1S/C17H17Cl2FN2O/c1-11-6-7-16(14(19)8-11)21-17(23)10-22(2)9-12-13(18)4-3-5-15(12)20/h3-8H,9-10H2,1-2H3,(H,21,23). The number of likely N-dealkylation sites (N-methyl/N-ethyl adjacent to an activating group) is 1. The molecule has 3 nitrogen and oxygen atoms in total. The van der Waals surface area contributed by atoms with Crippen LogP contribution in [0.5, 0.6) is 0 Å². The lowest BCUT2D eigenvalue weighted by atomic mass is 10.2. The van der Waals surface area contributed by atoms with Crippen molar-refractivity contribution in [3.05, 3.63) is 63.4 Å². The number of aryl methyl sites for hydroxylation is 1. The van der Waals surface area contributed by atoms with Crippen LogP contribution in [0.4, 0.5) is 10.1 Å². The van der Waals surface area contributed by atoms with Gasteiger partial charge < -0.3 is 5.32 Å². The van der Waals surface area contributed by atoms with Gasteiger partial charge in [-0.1, -0.05) is 35.3 Å². The molecule has 1 N–H and O–H groups in total. The molecule has 0 saturated carbocycles. The number of halogens is 3. The fourth-order valence-electron chi connectivity index (χ4n) is 2.17. The number of nitrogens with one attached hydrogen (secondary N) is 1. The topological polar surface area (TPSA) is 32.3 Å². The van der Waals surface area contributed by atoms with Gasteiger partial charge in [-0.2, -0.15) is 0 Å². The number of carbonyl (C=O) groups excluding carboxylic acids is 1. The van der Waals surface area contributed by atoms with Crippen molar-refractivity contribution in [2.75, 3.05) is 18.9 Å². The van der Waals surface area contributed by atoms with Crippen molar-refractivity contribution < 1.29 is 9.18 Å². The number of hydrogen-bond donors (Lipinski definition) is 1. The van der Waals surface area contributed by atoms with E-state index in [-0.39, 0.29) is 24.8 Å². The summed E-state index contributed by atoms with van der Waals surface area (Å²) in [6, 6.07) is 9.92. The summed E-state index contributed by atoms with van der Waals surface area (Å²) in [5, 5.41) is 3.57. The first-order valence-electron chi connectivity index (χ1n) is 7.04. The monoisotopic (exact) mass is 354 g/mol. The highest BCUT2D eigenvalue weighted by Gasteiger charge is 2.13. The summed E-state index contributed by atoms with van der Waals surface area (Å²) < 4.78 is 13.8. The Hall–Kier alpha value is -1.62. The number of carbonyl (C=O) groups is 1. The minimum Gasteiger partial charge on any atom is -0.324 e. The number of hydrogen-bond acceptors (Lipinski definition) is 2. The van der Waals surface area contributed by atoms with Gasteiger partial charge in [-0.3, -0.25) is 9.69 Å². The van der Waals surface area contributed by atoms with Crippen molar-refractivity contribution in [2.24, 2.45) is 0 Å². The van der Waals surface area contributed by atoms with Gasteiger partial charge in [0, 0.05) is 17.1 Å². The summed E-state index contributed by atoms with van der Waals surface area (Å²) in [5.41, 5.74) is 1.94. The highest BCUT2D eigenvalue weighted by molar-refractivity contribution is 6.33. The quantitative estimate of drug-likeness (QED) is 0.856. The fraction of sp³-hybridized carbons (Fsp3) is 0.235. The average molecular weight is 355 g/mol. The molecule has 0 bridgehead atoms. The van der Waals surface area contributed by atoms with E-state index in [9.17, 15) is 9.18 Å². The van der Waals surface area contributed by atoms with Crippen LogP contribution < -0.4 is 5.32 Å². The Morgan fingerprint density at radius 1 is 1.22 bits per heavy atom. The zero-order chi connectivity index (χ0) is 17.0. The molecule has 6 heteroatoms. The van der Waals surface area contributed by atoms with Crippen molar-refractivity contribution in [3.8, 4) is 0 Å². The number of rotatable bonds is 5. The molecule has 0 heterocycles. The fourth-order valence-corrected chi connectivity index (χ4v) is 2.67. The molecule has 0 fully saturated rings.